The van der Waals surface area contributed by atoms with Crippen molar-refractivity contribution in [2.45, 2.75) is 45.9 Å². The number of amides is 1. The van der Waals surface area contributed by atoms with E-state index in [1.54, 1.807) is 39.8 Å². The van der Waals surface area contributed by atoms with Crippen molar-refractivity contribution in [3.63, 3.8) is 0 Å². The van der Waals surface area contributed by atoms with Gasteiger partial charge in [0.05, 0.1) is 13.2 Å². The van der Waals surface area contributed by atoms with Crippen LogP contribution < -0.4 is 10.1 Å². The molecule has 25 heavy (non-hydrogen) atoms. The van der Waals surface area contributed by atoms with Gasteiger partial charge in [0.1, 0.15) is 5.60 Å². The van der Waals surface area contributed by atoms with Gasteiger partial charge in [-0.3, -0.25) is 0 Å². The molecule has 6 nitrogen and oxygen atoms in total. The summed E-state index contributed by atoms with van der Waals surface area (Å²) in [5.74, 6) is -0.205. The molecule has 1 aromatic carbocycles. The molecular formula is C18H29FN2O4. The number of carbonyl (C=O) groups is 1. The average Bonchev–Trinajstić information content (AvgIpc) is 2.48. The van der Waals surface area contributed by atoms with E-state index < -0.39 is 23.6 Å². The van der Waals surface area contributed by atoms with Gasteiger partial charge in [0.15, 0.2) is 11.6 Å². The number of hydrogen-bond donors (Lipinski definition) is 2. The van der Waals surface area contributed by atoms with Crippen LogP contribution in [0, 0.1) is 5.82 Å². The Balaban J connectivity index is 2.51. The van der Waals surface area contributed by atoms with Crippen LogP contribution in [0.5, 0.6) is 5.75 Å². The van der Waals surface area contributed by atoms with Crippen LogP contribution in [-0.2, 0) is 11.3 Å². The molecule has 142 valence electrons. The van der Waals surface area contributed by atoms with E-state index in [9.17, 15) is 14.3 Å². The molecule has 1 rings (SSSR count). The summed E-state index contributed by atoms with van der Waals surface area (Å²) in [6.07, 6.45) is -1.12. The monoisotopic (exact) mass is 356 g/mol. The van der Waals surface area contributed by atoms with Crippen LogP contribution in [0.4, 0.5) is 9.18 Å². The van der Waals surface area contributed by atoms with Gasteiger partial charge in [0, 0.05) is 26.2 Å². The Morgan fingerprint density at radius 3 is 2.60 bits per heavy atom. The van der Waals surface area contributed by atoms with Crippen LogP contribution in [0.3, 0.4) is 0 Å². The quantitative estimate of drug-likeness (QED) is 0.701. The molecule has 1 amide bonds. The van der Waals surface area contributed by atoms with Crippen LogP contribution in [0.15, 0.2) is 18.2 Å². The first-order chi connectivity index (χ1) is 11.6. The number of benzene rings is 1. The zero-order valence-corrected chi connectivity index (χ0v) is 15.6. The Bertz CT molecular complexity index is 558. The van der Waals surface area contributed by atoms with Crippen molar-refractivity contribution in [2.75, 3.05) is 26.7 Å². The lowest BCUT2D eigenvalue weighted by Crippen LogP contribution is -2.43. The smallest absolute Gasteiger partial charge is 0.410 e. The van der Waals surface area contributed by atoms with Crippen molar-refractivity contribution in [3.05, 3.63) is 29.6 Å². The minimum Gasteiger partial charge on any atom is -0.494 e. The second kappa shape index (κ2) is 9.58. The summed E-state index contributed by atoms with van der Waals surface area (Å²) in [6.45, 7) is 8.50. The zero-order chi connectivity index (χ0) is 19.0. The van der Waals surface area contributed by atoms with Crippen molar-refractivity contribution in [2.24, 2.45) is 0 Å². The molecule has 0 aliphatic rings. The number of aliphatic hydroxyl groups excluding tert-OH is 1. The fourth-order valence-corrected chi connectivity index (χ4v) is 2.17. The van der Waals surface area contributed by atoms with Crippen LogP contribution in [-0.4, -0.2) is 54.5 Å². The lowest BCUT2D eigenvalue weighted by Gasteiger charge is -2.28. The third kappa shape index (κ3) is 8.18. The summed E-state index contributed by atoms with van der Waals surface area (Å²) in [5.41, 5.74) is 0.180. The predicted molar refractivity (Wildman–Crippen MR) is 94.1 cm³/mol. The van der Waals surface area contributed by atoms with E-state index in [-0.39, 0.29) is 12.3 Å². The maximum Gasteiger partial charge on any atom is 0.410 e. The minimum absolute atomic E-state index is 0.188. The number of hydrogen-bond acceptors (Lipinski definition) is 5. The Labute approximate surface area is 148 Å². The van der Waals surface area contributed by atoms with Gasteiger partial charge in [-0.1, -0.05) is 6.07 Å². The summed E-state index contributed by atoms with van der Waals surface area (Å²) in [7, 11) is 1.42. The molecule has 0 fully saturated rings. The standard InChI is InChI=1S/C18H29FN2O4/c1-13(22)12-21(17(23)25-18(2,3)4)9-8-20-11-14-6-7-16(24-5)15(19)10-14/h6-7,10,13,20,22H,8-9,11-12H2,1-5H3. The number of nitrogens with one attached hydrogen (secondary N) is 1. The van der Waals surface area contributed by atoms with E-state index in [0.717, 1.165) is 5.56 Å². The molecule has 7 heteroatoms. The first kappa shape index (κ1) is 21.2. The Hall–Kier alpha value is -1.86. The number of rotatable bonds is 8. The lowest BCUT2D eigenvalue weighted by atomic mass is 10.2. The van der Waals surface area contributed by atoms with Gasteiger partial charge in [-0.2, -0.15) is 0 Å². The predicted octanol–water partition coefficient (Wildman–Crippen LogP) is 2.54. The maximum absolute atomic E-state index is 13.6. The highest BCUT2D eigenvalue weighted by molar-refractivity contribution is 5.68. The van der Waals surface area contributed by atoms with Crippen molar-refractivity contribution in [3.8, 4) is 5.75 Å². The van der Waals surface area contributed by atoms with Crippen molar-refractivity contribution in [1.82, 2.24) is 10.2 Å². The first-order valence-corrected chi connectivity index (χ1v) is 8.31. The van der Waals surface area contributed by atoms with Gasteiger partial charge in [0.25, 0.3) is 0 Å². The van der Waals surface area contributed by atoms with Crippen LogP contribution in [0.25, 0.3) is 0 Å². The minimum atomic E-state index is -0.650. The molecule has 0 saturated carbocycles. The van der Waals surface area contributed by atoms with E-state index in [0.29, 0.717) is 19.6 Å². The van der Waals surface area contributed by atoms with Gasteiger partial charge >= 0.3 is 6.09 Å². The van der Waals surface area contributed by atoms with E-state index in [2.05, 4.69) is 5.32 Å². The Kier molecular flexibility index (Phi) is 8.12. The normalized spacial score (nSPS) is 12.6. The number of carbonyl (C=O) groups excluding carboxylic acids is 1. The zero-order valence-electron chi connectivity index (χ0n) is 15.6. The van der Waals surface area contributed by atoms with Gasteiger partial charge in [0.2, 0.25) is 0 Å². The highest BCUT2D eigenvalue weighted by atomic mass is 19.1. The summed E-state index contributed by atoms with van der Waals surface area (Å²) in [4.78, 5) is 13.6. The molecule has 2 N–H and O–H groups in total. The molecule has 0 radical (unpaired) electrons. The summed E-state index contributed by atoms with van der Waals surface area (Å²) < 4.78 is 23.9. The number of nitrogens with zero attached hydrogens (tertiary/aromatic N) is 1. The number of ether oxygens (including phenoxy) is 2. The van der Waals surface area contributed by atoms with Gasteiger partial charge in [-0.15, -0.1) is 0 Å². The molecule has 0 aromatic heterocycles. The van der Waals surface area contributed by atoms with Crippen LogP contribution >= 0.6 is 0 Å². The van der Waals surface area contributed by atoms with Gasteiger partial charge in [-0.05, 0) is 45.4 Å². The maximum atomic E-state index is 13.6. The Morgan fingerprint density at radius 2 is 2.08 bits per heavy atom. The summed E-state index contributed by atoms with van der Waals surface area (Å²) >= 11 is 0. The molecule has 1 aromatic rings. The molecular weight excluding hydrogens is 327 g/mol. The number of halogens is 1. The molecule has 0 spiro atoms. The Morgan fingerprint density at radius 1 is 1.40 bits per heavy atom. The SMILES string of the molecule is COc1ccc(CNCCN(CC(C)O)C(=O)OC(C)(C)C)cc1F. The van der Waals surface area contributed by atoms with Gasteiger partial charge < -0.3 is 24.8 Å². The molecule has 0 heterocycles. The molecule has 1 atom stereocenters. The average molecular weight is 356 g/mol. The van der Waals surface area contributed by atoms with Crippen molar-refractivity contribution in [1.29, 1.82) is 0 Å². The van der Waals surface area contributed by atoms with E-state index in [1.807, 2.05) is 0 Å². The number of aliphatic hydroxyl groups is 1. The largest absolute Gasteiger partial charge is 0.494 e. The first-order valence-electron chi connectivity index (χ1n) is 8.31. The highest BCUT2D eigenvalue weighted by Crippen LogP contribution is 2.17. The molecule has 0 saturated heterocycles. The van der Waals surface area contributed by atoms with E-state index in [1.165, 1.54) is 18.1 Å². The second-order valence-electron chi connectivity index (χ2n) is 6.92. The van der Waals surface area contributed by atoms with Crippen LogP contribution in [0.1, 0.15) is 33.3 Å². The fourth-order valence-electron chi connectivity index (χ4n) is 2.17. The third-order valence-electron chi connectivity index (χ3n) is 3.24. The van der Waals surface area contributed by atoms with Crippen LogP contribution in [0.2, 0.25) is 0 Å². The third-order valence-corrected chi connectivity index (χ3v) is 3.24. The summed E-state index contributed by atoms with van der Waals surface area (Å²) in [5, 5.41) is 12.7. The number of methoxy groups -OCH3 is 1. The molecule has 0 aliphatic heterocycles. The van der Waals surface area contributed by atoms with Crippen molar-refractivity contribution < 1.29 is 23.8 Å². The highest BCUT2D eigenvalue weighted by Gasteiger charge is 2.22. The second-order valence-corrected chi connectivity index (χ2v) is 6.92. The molecule has 0 bridgehead atoms. The summed E-state index contributed by atoms with van der Waals surface area (Å²) in [6, 6.07) is 4.76. The molecule has 1 unspecified atom stereocenters. The van der Waals surface area contributed by atoms with Gasteiger partial charge in [-0.25, -0.2) is 9.18 Å². The van der Waals surface area contributed by atoms with Crippen molar-refractivity contribution >= 4 is 6.09 Å². The lowest BCUT2D eigenvalue weighted by molar-refractivity contribution is 0.0164. The topological polar surface area (TPSA) is 71.0 Å². The van der Waals surface area contributed by atoms with E-state index in [4.69, 9.17) is 9.47 Å². The molecule has 0 aliphatic carbocycles. The van der Waals surface area contributed by atoms with E-state index >= 15 is 0 Å². The fraction of sp³-hybridized carbons (Fsp3) is 0.611.